The van der Waals surface area contributed by atoms with Gasteiger partial charge in [-0.2, -0.15) is 0 Å². The summed E-state index contributed by atoms with van der Waals surface area (Å²) in [5.74, 6) is 0.911. The minimum absolute atomic E-state index is 0.0326. The van der Waals surface area contributed by atoms with Gasteiger partial charge in [0.1, 0.15) is 5.84 Å². The first-order valence-corrected chi connectivity index (χ1v) is 9.89. The summed E-state index contributed by atoms with van der Waals surface area (Å²) in [6.07, 6.45) is 5.07. The largest absolute Gasteiger partial charge is 0.382 e. The molecule has 0 saturated heterocycles. The van der Waals surface area contributed by atoms with Gasteiger partial charge in [0.05, 0.1) is 11.3 Å². The maximum Gasteiger partial charge on any atom is 0.181 e. The van der Waals surface area contributed by atoms with Crippen molar-refractivity contribution in [1.82, 2.24) is 0 Å². The van der Waals surface area contributed by atoms with E-state index in [1.165, 1.54) is 11.1 Å². The topological polar surface area (TPSA) is 60.0 Å². The van der Waals surface area contributed by atoms with E-state index in [9.17, 15) is 0 Å². The van der Waals surface area contributed by atoms with Crippen molar-refractivity contribution in [1.29, 1.82) is 0 Å². The molecule has 0 aromatic heterocycles. The number of ether oxygens (including phenoxy) is 1. The zero-order chi connectivity index (χ0) is 18.2. The Bertz CT molecular complexity index is 700. The molecule has 0 spiro atoms. The third-order valence-corrected chi connectivity index (χ3v) is 6.45. The van der Waals surface area contributed by atoms with Crippen LogP contribution in [-0.4, -0.2) is 24.3 Å². The van der Waals surface area contributed by atoms with Crippen molar-refractivity contribution in [2.24, 2.45) is 21.6 Å². The van der Waals surface area contributed by atoms with E-state index in [0.29, 0.717) is 11.8 Å². The maximum atomic E-state index is 6.19. The summed E-state index contributed by atoms with van der Waals surface area (Å²) in [4.78, 5) is 9.99. The fraction of sp³-hybridized carbons (Fsp3) is 0.600. The predicted molar refractivity (Wildman–Crippen MR) is 107 cm³/mol. The lowest BCUT2D eigenvalue weighted by atomic mass is 9.71. The van der Waals surface area contributed by atoms with Gasteiger partial charge in [-0.25, -0.2) is 4.99 Å². The minimum Gasteiger partial charge on any atom is -0.382 e. The minimum atomic E-state index is -0.585. The summed E-state index contributed by atoms with van der Waals surface area (Å²) < 4.78 is 6.79. The third-order valence-electron chi connectivity index (χ3n) is 5.95. The number of hydrogen-bond acceptors (Lipinski definition) is 4. The summed E-state index contributed by atoms with van der Waals surface area (Å²) >= 11 is 3.63. The zero-order valence-corrected chi connectivity index (χ0v) is 17.2. The summed E-state index contributed by atoms with van der Waals surface area (Å²) in [6, 6.07) is 6.46. The SMILES string of the molecule is CCc1ccc(Br)cc1C1(C2CCC(C)(OC)CC2)N=C(C)C(N)=N1. The van der Waals surface area contributed by atoms with Crippen LogP contribution in [0.3, 0.4) is 0 Å². The molecule has 1 atom stereocenters. The Balaban J connectivity index is 2.07. The lowest BCUT2D eigenvalue weighted by Crippen LogP contribution is -2.40. The van der Waals surface area contributed by atoms with Gasteiger partial charge in [-0.3, -0.25) is 4.99 Å². The van der Waals surface area contributed by atoms with Crippen molar-refractivity contribution >= 4 is 27.5 Å². The Hall–Kier alpha value is -1.20. The molecule has 1 aliphatic carbocycles. The van der Waals surface area contributed by atoms with E-state index in [4.69, 9.17) is 20.5 Å². The smallest absolute Gasteiger partial charge is 0.181 e. The summed E-state index contributed by atoms with van der Waals surface area (Å²) in [6.45, 7) is 6.35. The van der Waals surface area contributed by atoms with Crippen molar-refractivity contribution in [2.75, 3.05) is 7.11 Å². The number of methoxy groups -OCH3 is 1. The number of rotatable bonds is 4. The van der Waals surface area contributed by atoms with E-state index < -0.39 is 5.66 Å². The first kappa shape index (κ1) is 18.6. The van der Waals surface area contributed by atoms with Crippen molar-refractivity contribution < 1.29 is 4.74 Å². The van der Waals surface area contributed by atoms with Crippen LogP contribution < -0.4 is 5.73 Å². The van der Waals surface area contributed by atoms with Gasteiger partial charge < -0.3 is 10.5 Å². The van der Waals surface area contributed by atoms with Crippen molar-refractivity contribution in [2.45, 2.75) is 64.1 Å². The Labute approximate surface area is 159 Å². The van der Waals surface area contributed by atoms with Crippen LogP contribution in [0.25, 0.3) is 0 Å². The molecule has 1 saturated carbocycles. The van der Waals surface area contributed by atoms with Crippen LogP contribution in [0.2, 0.25) is 0 Å². The molecule has 136 valence electrons. The Morgan fingerprint density at radius 3 is 2.48 bits per heavy atom. The van der Waals surface area contributed by atoms with Crippen molar-refractivity contribution in [3.8, 4) is 0 Å². The highest BCUT2D eigenvalue weighted by Gasteiger charge is 2.47. The summed E-state index contributed by atoms with van der Waals surface area (Å²) in [5, 5.41) is 0. The van der Waals surface area contributed by atoms with E-state index in [0.717, 1.165) is 42.3 Å². The normalized spacial score (nSPS) is 32.4. The first-order chi connectivity index (χ1) is 11.8. The molecule has 0 amide bonds. The zero-order valence-electron chi connectivity index (χ0n) is 15.6. The average molecular weight is 406 g/mol. The third kappa shape index (κ3) is 3.28. The van der Waals surface area contributed by atoms with E-state index in [1.807, 2.05) is 14.0 Å². The highest BCUT2D eigenvalue weighted by molar-refractivity contribution is 9.10. The van der Waals surface area contributed by atoms with E-state index in [-0.39, 0.29) is 5.60 Å². The van der Waals surface area contributed by atoms with E-state index in [2.05, 4.69) is 48.0 Å². The molecule has 2 N–H and O–H groups in total. The number of amidine groups is 1. The fourth-order valence-electron chi connectivity index (χ4n) is 4.16. The van der Waals surface area contributed by atoms with Gasteiger partial charge in [0.15, 0.2) is 5.66 Å². The van der Waals surface area contributed by atoms with Crippen LogP contribution in [0, 0.1) is 5.92 Å². The average Bonchev–Trinajstić information content (AvgIpc) is 2.91. The number of hydrogen-bond donors (Lipinski definition) is 1. The lowest BCUT2D eigenvalue weighted by molar-refractivity contribution is -0.0418. The number of halogens is 1. The second-order valence-electron chi connectivity index (χ2n) is 7.50. The van der Waals surface area contributed by atoms with Gasteiger partial charge >= 0.3 is 0 Å². The predicted octanol–water partition coefficient (Wildman–Crippen LogP) is 4.59. The standard InChI is InChI=1S/C20H28BrN3O/c1-5-14-6-7-16(21)12-17(14)20(23-13(2)18(22)24-20)15-8-10-19(3,25-4)11-9-15/h6-7,12,15H,5,8-11H2,1-4H3,(H2,22,24). The van der Waals surface area contributed by atoms with Gasteiger partial charge in [-0.05, 0) is 63.6 Å². The van der Waals surface area contributed by atoms with Gasteiger partial charge in [0.25, 0.3) is 0 Å². The molecular weight excluding hydrogens is 378 g/mol. The molecule has 4 nitrogen and oxygen atoms in total. The number of benzene rings is 1. The Morgan fingerprint density at radius 2 is 1.96 bits per heavy atom. The van der Waals surface area contributed by atoms with Crippen LogP contribution in [0.1, 0.15) is 57.6 Å². The molecular formula is C20H28BrN3O. The second-order valence-corrected chi connectivity index (χ2v) is 8.42. The van der Waals surface area contributed by atoms with Crippen LogP contribution in [0.4, 0.5) is 0 Å². The second kappa shape index (κ2) is 6.84. The van der Waals surface area contributed by atoms with Crippen LogP contribution in [0.5, 0.6) is 0 Å². The van der Waals surface area contributed by atoms with E-state index >= 15 is 0 Å². The number of aryl methyl sites for hydroxylation is 1. The quantitative estimate of drug-likeness (QED) is 0.795. The number of aliphatic imine (C=N–C) groups is 2. The van der Waals surface area contributed by atoms with Crippen molar-refractivity contribution in [3.63, 3.8) is 0 Å². The summed E-state index contributed by atoms with van der Waals surface area (Å²) in [7, 11) is 1.81. The van der Waals surface area contributed by atoms with Crippen LogP contribution >= 0.6 is 15.9 Å². The van der Waals surface area contributed by atoms with Crippen LogP contribution in [-0.2, 0) is 16.8 Å². The van der Waals surface area contributed by atoms with Crippen molar-refractivity contribution in [3.05, 3.63) is 33.8 Å². The molecule has 1 aromatic rings. The van der Waals surface area contributed by atoms with Gasteiger partial charge in [-0.15, -0.1) is 0 Å². The number of nitrogens with two attached hydrogens (primary N) is 1. The molecule has 1 heterocycles. The maximum absolute atomic E-state index is 6.19. The Morgan fingerprint density at radius 1 is 1.28 bits per heavy atom. The molecule has 1 fully saturated rings. The molecule has 1 aromatic carbocycles. The highest BCUT2D eigenvalue weighted by Crippen LogP contribution is 2.49. The molecule has 2 aliphatic rings. The van der Waals surface area contributed by atoms with Gasteiger partial charge in [-0.1, -0.05) is 28.9 Å². The Kier molecular flexibility index (Phi) is 5.09. The van der Waals surface area contributed by atoms with Gasteiger partial charge in [0, 0.05) is 23.1 Å². The molecule has 25 heavy (non-hydrogen) atoms. The van der Waals surface area contributed by atoms with E-state index in [1.54, 1.807) is 0 Å². The lowest BCUT2D eigenvalue weighted by Gasteiger charge is -2.42. The molecule has 3 rings (SSSR count). The van der Waals surface area contributed by atoms with Crippen LogP contribution in [0.15, 0.2) is 32.7 Å². The number of nitrogens with zero attached hydrogens (tertiary/aromatic N) is 2. The molecule has 1 aliphatic heterocycles. The van der Waals surface area contributed by atoms with Gasteiger partial charge in [0.2, 0.25) is 0 Å². The molecule has 1 unspecified atom stereocenters. The molecule has 5 heteroatoms. The fourth-order valence-corrected chi connectivity index (χ4v) is 4.52. The monoisotopic (exact) mass is 405 g/mol. The first-order valence-electron chi connectivity index (χ1n) is 9.10. The molecule has 0 bridgehead atoms. The summed E-state index contributed by atoms with van der Waals surface area (Å²) in [5.41, 5.74) is 8.90. The molecule has 0 radical (unpaired) electrons. The highest BCUT2D eigenvalue weighted by atomic mass is 79.9.